The lowest BCUT2D eigenvalue weighted by molar-refractivity contribution is -0.154. The van der Waals surface area contributed by atoms with Gasteiger partial charge in [0.25, 0.3) is 0 Å². The van der Waals surface area contributed by atoms with Crippen molar-refractivity contribution in [2.45, 2.75) is 17.1 Å². The third-order valence-corrected chi connectivity index (χ3v) is 7.02. The first-order valence-corrected chi connectivity index (χ1v) is 11.0. The minimum absolute atomic E-state index is 0.0753. The smallest absolute Gasteiger partial charge is 0.314 e. The summed E-state index contributed by atoms with van der Waals surface area (Å²) in [6.45, 7) is 0. The molecule has 1 fully saturated rings. The van der Waals surface area contributed by atoms with E-state index in [0.717, 1.165) is 0 Å². The van der Waals surface area contributed by atoms with Gasteiger partial charge in [-0.2, -0.15) is 0 Å². The second-order valence-corrected chi connectivity index (χ2v) is 8.55. The number of carbonyl (C=O) groups excluding carboxylic acids is 1. The molecule has 0 saturated heterocycles. The Morgan fingerprint density at radius 1 is 0.914 bits per heavy atom. The minimum atomic E-state index is -2.36. The SMILES string of the molecule is COc1ccc([C@@]23Oc4cc(OC)cc(OC)c4[C@]2(O)C(=O)[C@@H](C(=O)O)[C@@H]3c2ccccc2)cc1. The third kappa shape index (κ3) is 2.89. The zero-order valence-electron chi connectivity index (χ0n) is 19.3. The summed E-state index contributed by atoms with van der Waals surface area (Å²) < 4.78 is 22.7. The van der Waals surface area contributed by atoms with Crippen molar-refractivity contribution in [2.24, 2.45) is 5.92 Å². The number of aliphatic carboxylic acids is 1. The third-order valence-electron chi connectivity index (χ3n) is 7.02. The van der Waals surface area contributed by atoms with E-state index in [2.05, 4.69) is 0 Å². The van der Waals surface area contributed by atoms with Crippen molar-refractivity contribution in [3.63, 3.8) is 0 Å². The van der Waals surface area contributed by atoms with Crippen LogP contribution in [0.25, 0.3) is 0 Å². The first kappa shape index (κ1) is 22.7. The molecular weight excluding hydrogens is 452 g/mol. The summed E-state index contributed by atoms with van der Waals surface area (Å²) in [6.07, 6.45) is 0. The average molecular weight is 476 g/mol. The number of hydrogen-bond donors (Lipinski definition) is 2. The molecule has 5 rings (SSSR count). The molecule has 0 amide bonds. The zero-order valence-corrected chi connectivity index (χ0v) is 19.3. The highest BCUT2D eigenvalue weighted by Gasteiger charge is 2.78. The van der Waals surface area contributed by atoms with Gasteiger partial charge in [0.15, 0.2) is 11.4 Å². The van der Waals surface area contributed by atoms with Crippen LogP contribution in [0.15, 0.2) is 66.7 Å². The van der Waals surface area contributed by atoms with Crippen LogP contribution in [0.1, 0.15) is 22.6 Å². The molecule has 1 aliphatic carbocycles. The number of fused-ring (bicyclic) bond motifs is 3. The van der Waals surface area contributed by atoms with Crippen LogP contribution in [0, 0.1) is 5.92 Å². The number of carboxylic acids is 1. The first-order valence-electron chi connectivity index (χ1n) is 11.0. The Kier molecular flexibility index (Phi) is 5.21. The van der Waals surface area contributed by atoms with Gasteiger partial charge in [0, 0.05) is 17.7 Å². The first-order chi connectivity index (χ1) is 16.8. The topological polar surface area (TPSA) is 112 Å². The van der Waals surface area contributed by atoms with E-state index >= 15 is 0 Å². The van der Waals surface area contributed by atoms with Gasteiger partial charge in [-0.05, 0) is 17.7 Å². The maximum absolute atomic E-state index is 14.0. The summed E-state index contributed by atoms with van der Waals surface area (Å²) in [6, 6.07) is 18.6. The Hall–Kier alpha value is -4.04. The minimum Gasteiger partial charge on any atom is -0.497 e. The van der Waals surface area contributed by atoms with Crippen molar-refractivity contribution in [3.8, 4) is 23.0 Å². The summed E-state index contributed by atoms with van der Waals surface area (Å²) in [7, 11) is 4.40. The molecular formula is C27H24O8. The predicted octanol–water partition coefficient (Wildman–Crippen LogP) is 3.26. The van der Waals surface area contributed by atoms with Crippen LogP contribution >= 0.6 is 0 Å². The number of carboxylic acid groups (broad SMARTS) is 1. The fraction of sp³-hybridized carbons (Fsp3) is 0.259. The molecule has 1 saturated carbocycles. The number of aliphatic hydroxyl groups is 1. The van der Waals surface area contributed by atoms with E-state index in [1.165, 1.54) is 27.4 Å². The van der Waals surface area contributed by atoms with Crippen LogP contribution in [0.3, 0.4) is 0 Å². The van der Waals surface area contributed by atoms with E-state index in [4.69, 9.17) is 18.9 Å². The summed E-state index contributed by atoms with van der Waals surface area (Å²) >= 11 is 0. The van der Waals surface area contributed by atoms with E-state index in [1.807, 2.05) is 0 Å². The van der Waals surface area contributed by atoms with Gasteiger partial charge in [0.1, 0.15) is 28.9 Å². The molecule has 180 valence electrons. The molecule has 0 bridgehead atoms. The van der Waals surface area contributed by atoms with Gasteiger partial charge in [-0.1, -0.05) is 42.5 Å². The normalized spacial score (nSPS) is 26.5. The van der Waals surface area contributed by atoms with Crippen molar-refractivity contribution < 1.29 is 38.7 Å². The molecule has 8 heteroatoms. The molecule has 3 aromatic carbocycles. The number of carbonyl (C=O) groups is 2. The Morgan fingerprint density at radius 3 is 2.14 bits per heavy atom. The standard InChI is InChI=1S/C27H24O8/c1-32-17-11-9-16(10-12-17)27-22(15-7-5-4-6-8-15)21(25(29)30)24(28)26(27,31)23-19(34-3)13-18(33-2)14-20(23)35-27/h4-14,21-22,31H,1-3H3,(H,29,30)/t21-,22-,26-,27-/m0/s1. The molecule has 0 spiro atoms. The van der Waals surface area contributed by atoms with E-state index in [9.17, 15) is 19.8 Å². The number of benzene rings is 3. The van der Waals surface area contributed by atoms with Gasteiger partial charge < -0.3 is 29.2 Å². The van der Waals surface area contributed by atoms with Crippen LogP contribution in [0.4, 0.5) is 0 Å². The number of methoxy groups -OCH3 is 3. The maximum Gasteiger partial charge on any atom is 0.314 e. The molecule has 0 aromatic heterocycles. The van der Waals surface area contributed by atoms with Gasteiger partial charge >= 0.3 is 5.97 Å². The Balaban J connectivity index is 1.89. The van der Waals surface area contributed by atoms with Crippen LogP contribution < -0.4 is 18.9 Å². The van der Waals surface area contributed by atoms with E-state index in [0.29, 0.717) is 22.6 Å². The number of ether oxygens (including phenoxy) is 4. The molecule has 1 heterocycles. The maximum atomic E-state index is 14.0. The lowest BCUT2D eigenvalue weighted by atomic mass is 9.70. The van der Waals surface area contributed by atoms with Gasteiger partial charge in [-0.25, -0.2) is 0 Å². The summed E-state index contributed by atoms with van der Waals surface area (Å²) in [5.74, 6) is -3.58. The van der Waals surface area contributed by atoms with Crippen molar-refractivity contribution in [1.82, 2.24) is 0 Å². The summed E-state index contributed by atoms with van der Waals surface area (Å²) in [4.78, 5) is 26.5. The van der Waals surface area contributed by atoms with E-state index < -0.39 is 34.8 Å². The van der Waals surface area contributed by atoms with Crippen LogP contribution in [0.5, 0.6) is 23.0 Å². The van der Waals surface area contributed by atoms with Crippen molar-refractivity contribution in [2.75, 3.05) is 21.3 Å². The van der Waals surface area contributed by atoms with E-state index in [1.54, 1.807) is 60.7 Å². The summed E-state index contributed by atoms with van der Waals surface area (Å²) in [5, 5.41) is 22.6. The zero-order chi connectivity index (χ0) is 25.0. The Bertz CT molecular complexity index is 1300. The monoisotopic (exact) mass is 476 g/mol. The highest BCUT2D eigenvalue weighted by Crippen LogP contribution is 2.68. The van der Waals surface area contributed by atoms with Crippen LogP contribution in [-0.4, -0.2) is 43.3 Å². The fourth-order valence-electron chi connectivity index (χ4n) is 5.55. The molecule has 2 aliphatic rings. The molecule has 3 aromatic rings. The molecule has 8 nitrogen and oxygen atoms in total. The number of ketones is 1. The average Bonchev–Trinajstić information content (AvgIpc) is 3.26. The van der Waals surface area contributed by atoms with E-state index in [-0.39, 0.29) is 17.1 Å². The lowest BCUT2D eigenvalue weighted by Crippen LogP contribution is -2.50. The largest absolute Gasteiger partial charge is 0.497 e. The van der Waals surface area contributed by atoms with Crippen molar-refractivity contribution in [1.29, 1.82) is 0 Å². The highest BCUT2D eigenvalue weighted by molar-refractivity contribution is 6.09. The number of Topliss-reactive ketones (excluding diaryl/α,β-unsaturated/α-hetero) is 1. The second-order valence-electron chi connectivity index (χ2n) is 8.55. The molecule has 2 N–H and O–H groups in total. The molecule has 35 heavy (non-hydrogen) atoms. The van der Waals surface area contributed by atoms with Crippen molar-refractivity contribution in [3.05, 3.63) is 83.4 Å². The van der Waals surface area contributed by atoms with Crippen LogP contribution in [0.2, 0.25) is 0 Å². The lowest BCUT2D eigenvalue weighted by Gasteiger charge is -2.39. The molecule has 4 atom stereocenters. The molecule has 1 aliphatic heterocycles. The van der Waals surface area contributed by atoms with Gasteiger partial charge in [0.05, 0.1) is 32.8 Å². The fourth-order valence-corrected chi connectivity index (χ4v) is 5.55. The number of hydrogen-bond acceptors (Lipinski definition) is 7. The van der Waals surface area contributed by atoms with Gasteiger partial charge in [0.2, 0.25) is 5.60 Å². The molecule has 0 radical (unpaired) electrons. The summed E-state index contributed by atoms with van der Waals surface area (Å²) in [5.41, 5.74) is -3.13. The van der Waals surface area contributed by atoms with Crippen LogP contribution in [-0.2, 0) is 20.8 Å². The van der Waals surface area contributed by atoms with Gasteiger partial charge in [-0.15, -0.1) is 0 Å². The molecule has 0 unspecified atom stereocenters. The number of rotatable bonds is 6. The van der Waals surface area contributed by atoms with Gasteiger partial charge in [-0.3, -0.25) is 9.59 Å². The second kappa shape index (κ2) is 8.02. The Morgan fingerprint density at radius 2 is 1.57 bits per heavy atom. The quantitative estimate of drug-likeness (QED) is 0.522. The highest BCUT2D eigenvalue weighted by atomic mass is 16.5. The van der Waals surface area contributed by atoms with Crippen molar-refractivity contribution >= 4 is 11.8 Å². The predicted molar refractivity (Wildman–Crippen MR) is 124 cm³/mol. The Labute approximate surface area is 201 Å².